The molecule has 40 heavy (non-hydrogen) atoms. The fourth-order valence-electron chi connectivity index (χ4n) is 4.56. The number of hydrogen-bond donors (Lipinski definition) is 1. The van der Waals surface area contributed by atoms with Gasteiger partial charge in [0.15, 0.2) is 11.5 Å². The topological polar surface area (TPSA) is 108 Å². The zero-order chi connectivity index (χ0) is 28.9. The minimum atomic E-state index is -1.06. The molecule has 1 heterocycles. The van der Waals surface area contributed by atoms with E-state index in [4.69, 9.17) is 14.2 Å². The van der Waals surface area contributed by atoms with E-state index in [1.54, 1.807) is 25.3 Å². The second-order valence-corrected chi connectivity index (χ2v) is 10.3. The molecule has 0 unspecified atom stereocenters. The van der Waals surface area contributed by atoms with Gasteiger partial charge in [0.2, 0.25) is 11.8 Å². The number of nitrogens with zero attached hydrogens (tertiary/aromatic N) is 4. The molecule has 3 aromatic carbocycles. The summed E-state index contributed by atoms with van der Waals surface area (Å²) in [6.45, 7) is 5.66. The third kappa shape index (κ3) is 6.33. The van der Waals surface area contributed by atoms with Crippen molar-refractivity contribution < 1.29 is 23.8 Å². The molecule has 0 saturated carbocycles. The Morgan fingerprint density at radius 1 is 0.950 bits per heavy atom. The van der Waals surface area contributed by atoms with Crippen molar-refractivity contribution in [2.24, 2.45) is 0 Å². The number of ether oxygens (including phenoxy) is 3. The number of benzene rings is 3. The van der Waals surface area contributed by atoms with Crippen molar-refractivity contribution in [2.75, 3.05) is 21.3 Å². The highest BCUT2D eigenvalue weighted by Crippen LogP contribution is 2.38. The predicted molar refractivity (Wildman–Crippen MR) is 151 cm³/mol. The van der Waals surface area contributed by atoms with Crippen molar-refractivity contribution in [3.63, 3.8) is 0 Å². The minimum Gasteiger partial charge on any atom is -0.497 e. The van der Waals surface area contributed by atoms with Crippen molar-refractivity contribution >= 4 is 22.8 Å². The average molecular weight is 546 g/mol. The Morgan fingerprint density at radius 3 is 2.40 bits per heavy atom. The molecular weight excluding hydrogens is 510 g/mol. The number of fused-ring (bicyclic) bond motifs is 1. The lowest BCUT2D eigenvalue weighted by molar-refractivity contribution is -0.142. The third-order valence-corrected chi connectivity index (χ3v) is 6.30. The molecule has 0 fully saturated rings. The van der Waals surface area contributed by atoms with E-state index in [2.05, 4.69) is 15.6 Å². The molecule has 10 nitrogen and oxygen atoms in total. The summed E-state index contributed by atoms with van der Waals surface area (Å²) < 4.78 is 18.2. The maximum atomic E-state index is 14.2. The zero-order valence-electron chi connectivity index (χ0n) is 23.7. The molecule has 1 atom stereocenters. The van der Waals surface area contributed by atoms with Crippen LogP contribution in [0.25, 0.3) is 11.0 Å². The van der Waals surface area contributed by atoms with Gasteiger partial charge in [-0.3, -0.25) is 9.59 Å². The lowest BCUT2D eigenvalue weighted by Crippen LogP contribution is -2.49. The molecule has 1 aromatic heterocycles. The summed E-state index contributed by atoms with van der Waals surface area (Å²) in [4.78, 5) is 29.8. The van der Waals surface area contributed by atoms with E-state index in [1.165, 1.54) is 23.8 Å². The number of amides is 2. The first-order chi connectivity index (χ1) is 19.1. The van der Waals surface area contributed by atoms with Crippen LogP contribution in [0.1, 0.15) is 37.9 Å². The van der Waals surface area contributed by atoms with Gasteiger partial charge in [0.25, 0.3) is 0 Å². The van der Waals surface area contributed by atoms with Gasteiger partial charge in [-0.2, -0.15) is 0 Å². The van der Waals surface area contributed by atoms with E-state index in [9.17, 15) is 9.59 Å². The predicted octanol–water partition coefficient (Wildman–Crippen LogP) is 4.14. The number of carbonyl (C=O) groups excluding carboxylic acids is 2. The van der Waals surface area contributed by atoms with Crippen molar-refractivity contribution in [3.8, 4) is 17.2 Å². The highest BCUT2D eigenvalue weighted by Gasteiger charge is 2.36. The molecule has 0 saturated heterocycles. The number of carbonyl (C=O) groups is 2. The van der Waals surface area contributed by atoms with E-state index >= 15 is 0 Å². The summed E-state index contributed by atoms with van der Waals surface area (Å²) in [5.41, 5.74) is 2.10. The monoisotopic (exact) mass is 545 g/mol. The molecule has 0 radical (unpaired) electrons. The van der Waals surface area contributed by atoms with Crippen LogP contribution in [0, 0.1) is 0 Å². The quantitative estimate of drug-likeness (QED) is 0.319. The molecule has 4 rings (SSSR count). The first-order valence-corrected chi connectivity index (χ1v) is 12.9. The number of rotatable bonds is 10. The summed E-state index contributed by atoms with van der Waals surface area (Å²) in [6.07, 6.45) is 0. The van der Waals surface area contributed by atoms with E-state index in [0.717, 1.165) is 5.56 Å². The molecule has 1 N–H and O–H groups in total. The van der Waals surface area contributed by atoms with Gasteiger partial charge in [0, 0.05) is 17.6 Å². The number of nitrogens with one attached hydrogen (secondary N) is 1. The Hall–Kier alpha value is -4.60. The standard InChI is InChI=1S/C30H35N5O5/c1-30(2,3)31-29(37)27(22-13-10-16-25(39-5)28(22)40-6)34(18-20-11-9-12-21(17-20)38-4)26(36)19-35-24-15-8-7-14-23(24)32-33-35/h7-17,27H,18-19H2,1-6H3,(H,31,37)/t27-/m1/s1. The Kier molecular flexibility index (Phi) is 8.57. The number of para-hydroxylation sites is 2. The summed E-state index contributed by atoms with van der Waals surface area (Å²) in [5, 5.41) is 11.4. The number of hydrogen-bond acceptors (Lipinski definition) is 7. The fraction of sp³-hybridized carbons (Fsp3) is 0.333. The molecule has 0 aliphatic carbocycles. The van der Waals surface area contributed by atoms with E-state index < -0.39 is 11.6 Å². The van der Waals surface area contributed by atoms with E-state index in [1.807, 2.05) is 69.3 Å². The van der Waals surface area contributed by atoms with Gasteiger partial charge >= 0.3 is 0 Å². The van der Waals surface area contributed by atoms with Crippen LogP contribution in [-0.4, -0.2) is 58.6 Å². The van der Waals surface area contributed by atoms with Gasteiger partial charge in [-0.15, -0.1) is 5.10 Å². The first kappa shape index (κ1) is 28.4. The molecule has 2 amide bonds. The van der Waals surface area contributed by atoms with Crippen LogP contribution in [0.4, 0.5) is 0 Å². The molecule has 10 heteroatoms. The Labute approximate surface area is 233 Å². The largest absolute Gasteiger partial charge is 0.497 e. The van der Waals surface area contributed by atoms with Gasteiger partial charge in [0.05, 0.1) is 26.8 Å². The van der Waals surface area contributed by atoms with Crippen LogP contribution in [0.2, 0.25) is 0 Å². The maximum Gasteiger partial charge on any atom is 0.248 e. The summed E-state index contributed by atoms with van der Waals surface area (Å²) >= 11 is 0. The summed E-state index contributed by atoms with van der Waals surface area (Å²) in [7, 11) is 4.62. The zero-order valence-corrected chi connectivity index (χ0v) is 23.7. The van der Waals surface area contributed by atoms with Crippen LogP contribution < -0.4 is 19.5 Å². The smallest absolute Gasteiger partial charge is 0.248 e. The lowest BCUT2D eigenvalue weighted by atomic mass is 9.99. The van der Waals surface area contributed by atoms with E-state index in [-0.39, 0.29) is 24.9 Å². The summed E-state index contributed by atoms with van der Waals surface area (Å²) in [5.74, 6) is 0.760. The van der Waals surface area contributed by atoms with Crippen LogP contribution in [0.3, 0.4) is 0 Å². The van der Waals surface area contributed by atoms with Crippen LogP contribution >= 0.6 is 0 Å². The molecule has 0 aliphatic heterocycles. The second-order valence-electron chi connectivity index (χ2n) is 10.3. The first-order valence-electron chi connectivity index (χ1n) is 12.9. The highest BCUT2D eigenvalue weighted by atomic mass is 16.5. The number of methoxy groups -OCH3 is 3. The SMILES string of the molecule is COc1cccc(CN(C(=O)Cn2nnc3ccccc32)[C@@H](C(=O)NC(C)(C)C)c2cccc(OC)c2OC)c1. The minimum absolute atomic E-state index is 0.116. The Bertz CT molecular complexity index is 1490. The average Bonchev–Trinajstić information content (AvgIpc) is 3.34. The molecule has 210 valence electrons. The Morgan fingerprint density at radius 2 is 1.70 bits per heavy atom. The van der Waals surface area contributed by atoms with Crippen LogP contribution in [0.5, 0.6) is 17.2 Å². The molecule has 0 bridgehead atoms. The van der Waals surface area contributed by atoms with Crippen molar-refractivity contribution in [1.29, 1.82) is 0 Å². The van der Waals surface area contributed by atoms with Crippen molar-refractivity contribution in [3.05, 3.63) is 77.9 Å². The fourth-order valence-corrected chi connectivity index (χ4v) is 4.56. The van der Waals surface area contributed by atoms with Gasteiger partial charge < -0.3 is 24.4 Å². The Balaban J connectivity index is 1.86. The molecule has 0 spiro atoms. The van der Waals surface area contributed by atoms with Gasteiger partial charge in [-0.05, 0) is 56.7 Å². The van der Waals surface area contributed by atoms with Crippen molar-refractivity contribution in [1.82, 2.24) is 25.2 Å². The molecule has 0 aliphatic rings. The van der Waals surface area contributed by atoms with Gasteiger partial charge in [-0.25, -0.2) is 4.68 Å². The van der Waals surface area contributed by atoms with Crippen molar-refractivity contribution in [2.45, 2.75) is 45.4 Å². The second kappa shape index (κ2) is 12.1. The van der Waals surface area contributed by atoms with Crippen LogP contribution in [0.15, 0.2) is 66.7 Å². The highest BCUT2D eigenvalue weighted by molar-refractivity contribution is 5.90. The van der Waals surface area contributed by atoms with E-state index in [0.29, 0.717) is 33.8 Å². The normalized spacial score (nSPS) is 12.1. The lowest BCUT2D eigenvalue weighted by Gasteiger charge is -2.34. The molecular formula is C30H35N5O5. The van der Waals surface area contributed by atoms with Gasteiger partial charge in [-0.1, -0.05) is 41.6 Å². The maximum absolute atomic E-state index is 14.2. The van der Waals surface area contributed by atoms with Gasteiger partial charge in [0.1, 0.15) is 23.9 Å². The van der Waals surface area contributed by atoms with Crippen LogP contribution in [-0.2, 0) is 22.7 Å². The third-order valence-electron chi connectivity index (χ3n) is 6.30. The molecule has 4 aromatic rings. The summed E-state index contributed by atoms with van der Waals surface area (Å²) in [6, 6.07) is 19.0. The number of aromatic nitrogens is 3.